The Bertz CT molecular complexity index is 878. The Morgan fingerprint density at radius 2 is 1.79 bits per heavy atom. The van der Waals surface area contributed by atoms with Gasteiger partial charge in [-0.15, -0.1) is 0 Å². The van der Waals surface area contributed by atoms with Crippen molar-refractivity contribution in [1.29, 1.82) is 0 Å². The van der Waals surface area contributed by atoms with Crippen LogP contribution in [0.4, 0.5) is 0 Å². The first kappa shape index (κ1) is 20.4. The summed E-state index contributed by atoms with van der Waals surface area (Å²) in [5.74, 6) is 0.890. The van der Waals surface area contributed by atoms with Gasteiger partial charge in [0.05, 0.1) is 0 Å². The van der Waals surface area contributed by atoms with E-state index in [-0.39, 0.29) is 11.6 Å². The molecule has 0 bridgehead atoms. The Balaban J connectivity index is 1.67. The smallest absolute Gasteiger partial charge is 0.128 e. The fraction of sp³-hybridized carbons (Fsp3) is 0.417. The highest BCUT2D eigenvalue weighted by Crippen LogP contribution is 2.25. The van der Waals surface area contributed by atoms with Crippen LogP contribution in [0.5, 0.6) is 5.75 Å². The van der Waals surface area contributed by atoms with Crippen LogP contribution in [0.1, 0.15) is 31.9 Å². The van der Waals surface area contributed by atoms with Crippen LogP contribution in [-0.4, -0.2) is 41.8 Å². The summed E-state index contributed by atoms with van der Waals surface area (Å²) in [6, 6.07) is 16.9. The number of aryl methyl sites for hydroxylation is 1. The van der Waals surface area contributed by atoms with Gasteiger partial charge in [-0.3, -0.25) is 4.90 Å². The molecule has 4 heteroatoms. The number of rotatable bonds is 8. The minimum Gasteiger partial charge on any atom is -0.490 e. The van der Waals surface area contributed by atoms with Crippen molar-refractivity contribution in [3.63, 3.8) is 0 Å². The molecule has 150 valence electrons. The van der Waals surface area contributed by atoms with E-state index in [1.54, 1.807) is 7.11 Å². The molecule has 3 aromatic rings. The van der Waals surface area contributed by atoms with Crippen LogP contribution in [0.15, 0.2) is 54.7 Å². The Morgan fingerprint density at radius 1 is 1.04 bits per heavy atom. The topological polar surface area (TPSA) is 37.5 Å². The zero-order valence-corrected chi connectivity index (χ0v) is 17.7. The lowest BCUT2D eigenvalue weighted by Gasteiger charge is -2.37. The number of hydrogen-bond donors (Lipinski definition) is 1. The fourth-order valence-electron chi connectivity index (χ4n) is 3.30. The van der Waals surface area contributed by atoms with Gasteiger partial charge >= 0.3 is 0 Å². The van der Waals surface area contributed by atoms with E-state index in [9.17, 15) is 0 Å². The molecular formula is C24H32N2O2. The van der Waals surface area contributed by atoms with E-state index in [0.29, 0.717) is 6.61 Å². The maximum atomic E-state index is 6.14. The van der Waals surface area contributed by atoms with Crippen molar-refractivity contribution < 1.29 is 9.47 Å². The molecule has 1 heterocycles. The number of H-pyrrole nitrogens is 1. The van der Waals surface area contributed by atoms with Gasteiger partial charge in [0.15, 0.2) is 0 Å². The van der Waals surface area contributed by atoms with Crippen molar-refractivity contribution in [2.24, 2.45) is 0 Å². The zero-order valence-electron chi connectivity index (χ0n) is 17.7. The van der Waals surface area contributed by atoms with E-state index in [2.05, 4.69) is 67.9 Å². The summed E-state index contributed by atoms with van der Waals surface area (Å²) in [6.07, 6.45) is 1.92. The average molecular weight is 381 g/mol. The summed E-state index contributed by atoms with van der Waals surface area (Å²) in [5.41, 5.74) is 3.71. The third-order valence-electron chi connectivity index (χ3n) is 5.18. The predicted molar refractivity (Wildman–Crippen MR) is 116 cm³/mol. The standard InChI is InChI=1S/C24H32N2O2/c1-18-9-11-19(12-10-18)15-26(24(2,3)4)16-20(27-5)17-28-23-8-6-7-22-21(23)13-14-25-22/h6-14,20,25H,15-17H2,1-5H3. The zero-order chi connectivity index (χ0) is 20.1. The molecule has 28 heavy (non-hydrogen) atoms. The molecule has 1 N–H and O–H groups in total. The summed E-state index contributed by atoms with van der Waals surface area (Å²) < 4.78 is 11.9. The van der Waals surface area contributed by atoms with Gasteiger partial charge in [-0.1, -0.05) is 35.9 Å². The molecule has 0 fully saturated rings. The second-order valence-corrected chi connectivity index (χ2v) is 8.40. The second-order valence-electron chi connectivity index (χ2n) is 8.40. The fourth-order valence-corrected chi connectivity index (χ4v) is 3.30. The molecule has 0 spiro atoms. The number of aromatic amines is 1. The van der Waals surface area contributed by atoms with Crippen molar-refractivity contribution in [2.45, 2.75) is 45.9 Å². The molecule has 0 amide bonds. The lowest BCUT2D eigenvalue weighted by atomic mass is 10.0. The van der Waals surface area contributed by atoms with Gasteiger partial charge in [-0.05, 0) is 51.5 Å². The van der Waals surface area contributed by atoms with Gasteiger partial charge in [0.1, 0.15) is 18.5 Å². The third-order valence-corrected chi connectivity index (χ3v) is 5.18. The van der Waals surface area contributed by atoms with Crippen LogP contribution >= 0.6 is 0 Å². The van der Waals surface area contributed by atoms with Crippen LogP contribution in [0.3, 0.4) is 0 Å². The number of hydrogen-bond acceptors (Lipinski definition) is 3. The highest BCUT2D eigenvalue weighted by atomic mass is 16.5. The molecule has 2 aromatic carbocycles. The Labute approximate surface area is 168 Å². The number of aromatic nitrogens is 1. The Kier molecular flexibility index (Phi) is 6.42. The molecule has 0 saturated carbocycles. The maximum absolute atomic E-state index is 6.14. The van der Waals surface area contributed by atoms with Crippen LogP contribution in [0.25, 0.3) is 10.9 Å². The Morgan fingerprint density at radius 3 is 2.46 bits per heavy atom. The summed E-state index contributed by atoms with van der Waals surface area (Å²) >= 11 is 0. The first-order valence-corrected chi connectivity index (χ1v) is 9.89. The van der Waals surface area contributed by atoms with E-state index >= 15 is 0 Å². The van der Waals surface area contributed by atoms with Crippen LogP contribution < -0.4 is 4.74 Å². The van der Waals surface area contributed by atoms with Crippen molar-refractivity contribution in [3.05, 3.63) is 65.9 Å². The number of ether oxygens (including phenoxy) is 2. The van der Waals surface area contributed by atoms with Gasteiger partial charge < -0.3 is 14.5 Å². The van der Waals surface area contributed by atoms with Crippen molar-refractivity contribution in [2.75, 3.05) is 20.3 Å². The van der Waals surface area contributed by atoms with Gasteiger partial charge in [-0.2, -0.15) is 0 Å². The average Bonchev–Trinajstić information content (AvgIpc) is 3.14. The summed E-state index contributed by atoms with van der Waals surface area (Å²) in [7, 11) is 1.76. The maximum Gasteiger partial charge on any atom is 0.128 e. The number of nitrogens with zero attached hydrogens (tertiary/aromatic N) is 1. The summed E-state index contributed by atoms with van der Waals surface area (Å²) in [5, 5.41) is 1.10. The quantitative estimate of drug-likeness (QED) is 0.586. The summed E-state index contributed by atoms with van der Waals surface area (Å²) in [4.78, 5) is 5.68. The van der Waals surface area contributed by atoms with Gasteiger partial charge in [0.25, 0.3) is 0 Å². The highest BCUT2D eigenvalue weighted by Gasteiger charge is 2.25. The molecule has 1 unspecified atom stereocenters. The normalized spacial score (nSPS) is 13.2. The van der Waals surface area contributed by atoms with Crippen molar-refractivity contribution in [3.8, 4) is 5.75 Å². The molecular weight excluding hydrogens is 348 g/mol. The van der Waals surface area contributed by atoms with Gasteiger partial charge in [0.2, 0.25) is 0 Å². The second kappa shape index (κ2) is 8.80. The van der Waals surface area contributed by atoms with E-state index in [0.717, 1.165) is 29.7 Å². The van der Waals surface area contributed by atoms with E-state index < -0.39 is 0 Å². The highest BCUT2D eigenvalue weighted by molar-refractivity contribution is 5.85. The first-order valence-electron chi connectivity index (χ1n) is 9.89. The lowest BCUT2D eigenvalue weighted by molar-refractivity contribution is 0.00175. The SMILES string of the molecule is COC(COc1cccc2[nH]ccc12)CN(Cc1ccc(C)cc1)C(C)(C)C. The molecule has 0 radical (unpaired) electrons. The minimum atomic E-state index is -0.0149. The molecule has 1 atom stereocenters. The molecule has 1 aromatic heterocycles. The molecule has 0 aliphatic carbocycles. The van der Waals surface area contributed by atoms with Gasteiger partial charge in [-0.25, -0.2) is 0 Å². The number of fused-ring (bicyclic) bond motifs is 1. The number of methoxy groups -OCH3 is 1. The minimum absolute atomic E-state index is 0.0149. The summed E-state index contributed by atoms with van der Waals surface area (Å²) in [6.45, 7) is 11.1. The van der Waals surface area contributed by atoms with Gasteiger partial charge in [0, 0.05) is 42.8 Å². The number of nitrogens with one attached hydrogen (secondary N) is 1. The van der Waals surface area contributed by atoms with Crippen molar-refractivity contribution in [1.82, 2.24) is 9.88 Å². The van der Waals surface area contributed by atoms with Crippen LogP contribution in [0, 0.1) is 6.92 Å². The molecule has 0 aliphatic rings. The lowest BCUT2D eigenvalue weighted by Crippen LogP contribution is -2.46. The molecule has 4 nitrogen and oxygen atoms in total. The van der Waals surface area contributed by atoms with E-state index in [4.69, 9.17) is 9.47 Å². The molecule has 0 aliphatic heterocycles. The monoisotopic (exact) mass is 380 g/mol. The first-order chi connectivity index (χ1) is 13.4. The van der Waals surface area contributed by atoms with Crippen LogP contribution in [-0.2, 0) is 11.3 Å². The van der Waals surface area contributed by atoms with Crippen LogP contribution in [0.2, 0.25) is 0 Å². The molecule has 0 saturated heterocycles. The predicted octanol–water partition coefficient (Wildman–Crippen LogP) is 5.17. The van der Waals surface area contributed by atoms with Crippen molar-refractivity contribution >= 4 is 10.9 Å². The Hall–Kier alpha value is -2.30. The third kappa shape index (κ3) is 5.15. The number of benzene rings is 2. The van der Waals surface area contributed by atoms with E-state index in [1.165, 1.54) is 11.1 Å². The van der Waals surface area contributed by atoms with E-state index in [1.807, 2.05) is 24.4 Å². The molecule has 3 rings (SSSR count). The largest absolute Gasteiger partial charge is 0.490 e.